The molecule has 1 aromatic carbocycles. The second-order valence-electron chi connectivity index (χ2n) is 6.34. The lowest BCUT2D eigenvalue weighted by Crippen LogP contribution is -2.40. The number of hydrogen-bond acceptors (Lipinski definition) is 3. The van der Waals surface area contributed by atoms with Gasteiger partial charge < -0.3 is 19.7 Å². The molecule has 134 valence electrons. The van der Waals surface area contributed by atoms with Gasteiger partial charge >= 0.3 is 0 Å². The van der Waals surface area contributed by atoms with Gasteiger partial charge in [0, 0.05) is 40.4 Å². The van der Waals surface area contributed by atoms with E-state index in [0.717, 1.165) is 50.4 Å². The van der Waals surface area contributed by atoms with Gasteiger partial charge in [0.1, 0.15) is 5.75 Å². The number of ether oxygens (including phenoxy) is 2. The van der Waals surface area contributed by atoms with Crippen molar-refractivity contribution < 1.29 is 9.47 Å². The molecule has 0 amide bonds. The molecule has 5 nitrogen and oxygen atoms in total. The zero-order chi connectivity index (χ0) is 17.2. The number of methoxy groups -OCH3 is 1. The van der Waals surface area contributed by atoms with E-state index in [9.17, 15) is 0 Å². The molecule has 0 bridgehead atoms. The fraction of sp³-hybridized carbons (Fsp3) is 0.632. The van der Waals surface area contributed by atoms with Crippen LogP contribution in [0.5, 0.6) is 5.75 Å². The standard InChI is InChI=1S/C19H31N3O2/c1-20-19(22(2)13-9-17-10-14-24-15-11-17)21-12-8-16-4-6-18(23-3)7-5-16/h4-7,17H,8-15H2,1-3H3,(H,20,21). The number of nitrogens with zero attached hydrogens (tertiary/aromatic N) is 2. The van der Waals surface area contributed by atoms with Crippen LogP contribution in [0.1, 0.15) is 24.8 Å². The Morgan fingerprint density at radius 2 is 2.00 bits per heavy atom. The average molecular weight is 333 g/mol. The molecule has 24 heavy (non-hydrogen) atoms. The maximum atomic E-state index is 5.43. The summed E-state index contributed by atoms with van der Waals surface area (Å²) < 4.78 is 10.6. The molecule has 1 fully saturated rings. The molecule has 1 saturated heterocycles. The normalized spacial score (nSPS) is 16.0. The van der Waals surface area contributed by atoms with Gasteiger partial charge in [-0.25, -0.2) is 0 Å². The predicted octanol–water partition coefficient (Wildman–Crippen LogP) is 2.56. The first kappa shape index (κ1) is 18.6. The van der Waals surface area contributed by atoms with Crippen molar-refractivity contribution in [2.24, 2.45) is 10.9 Å². The summed E-state index contributed by atoms with van der Waals surface area (Å²) >= 11 is 0. The molecule has 1 aliphatic rings. The summed E-state index contributed by atoms with van der Waals surface area (Å²) in [5.74, 6) is 2.66. The highest BCUT2D eigenvalue weighted by Gasteiger charge is 2.15. The lowest BCUT2D eigenvalue weighted by atomic mass is 9.96. The summed E-state index contributed by atoms with van der Waals surface area (Å²) in [7, 11) is 5.65. The second-order valence-corrected chi connectivity index (χ2v) is 6.34. The van der Waals surface area contributed by atoms with Crippen LogP contribution in [0.2, 0.25) is 0 Å². The second kappa shape index (κ2) is 10.2. The fourth-order valence-electron chi connectivity index (χ4n) is 3.01. The van der Waals surface area contributed by atoms with Crippen molar-refractivity contribution in [3.05, 3.63) is 29.8 Å². The van der Waals surface area contributed by atoms with Crippen LogP contribution in [0.3, 0.4) is 0 Å². The van der Waals surface area contributed by atoms with Crippen LogP contribution in [-0.2, 0) is 11.2 Å². The van der Waals surface area contributed by atoms with E-state index in [1.165, 1.54) is 24.8 Å². The van der Waals surface area contributed by atoms with Gasteiger partial charge in [-0.05, 0) is 49.3 Å². The number of aliphatic imine (C=N–C) groups is 1. The molecule has 0 spiro atoms. The van der Waals surface area contributed by atoms with Crippen molar-refractivity contribution in [3.8, 4) is 5.75 Å². The van der Waals surface area contributed by atoms with E-state index in [4.69, 9.17) is 9.47 Å². The number of guanidine groups is 1. The van der Waals surface area contributed by atoms with Crippen LogP contribution < -0.4 is 10.1 Å². The molecule has 1 aromatic rings. The van der Waals surface area contributed by atoms with Crippen LogP contribution in [0.25, 0.3) is 0 Å². The Bertz CT molecular complexity index is 496. The molecule has 1 aliphatic heterocycles. The first-order chi connectivity index (χ1) is 11.7. The molecule has 5 heteroatoms. The van der Waals surface area contributed by atoms with E-state index in [-0.39, 0.29) is 0 Å². The Hall–Kier alpha value is -1.75. The maximum absolute atomic E-state index is 5.43. The van der Waals surface area contributed by atoms with Crippen molar-refractivity contribution in [1.29, 1.82) is 0 Å². The van der Waals surface area contributed by atoms with E-state index in [2.05, 4.69) is 34.4 Å². The van der Waals surface area contributed by atoms with Gasteiger partial charge in [0.15, 0.2) is 5.96 Å². The van der Waals surface area contributed by atoms with E-state index in [1.54, 1.807) is 7.11 Å². The quantitative estimate of drug-likeness (QED) is 0.615. The minimum atomic E-state index is 0.790. The van der Waals surface area contributed by atoms with Crippen molar-refractivity contribution >= 4 is 5.96 Å². The third kappa shape index (κ3) is 6.04. The van der Waals surface area contributed by atoms with E-state index in [1.807, 2.05) is 19.2 Å². The summed E-state index contributed by atoms with van der Waals surface area (Å²) in [5.41, 5.74) is 1.30. The summed E-state index contributed by atoms with van der Waals surface area (Å²) in [6.45, 7) is 3.75. The van der Waals surface area contributed by atoms with Gasteiger partial charge in [0.05, 0.1) is 7.11 Å². The number of benzene rings is 1. The Kier molecular flexibility index (Phi) is 7.89. The summed E-state index contributed by atoms with van der Waals surface area (Å²) in [6.07, 6.45) is 4.56. The molecular formula is C19H31N3O2. The van der Waals surface area contributed by atoms with E-state index in [0.29, 0.717) is 0 Å². The van der Waals surface area contributed by atoms with Crippen LogP contribution in [0.4, 0.5) is 0 Å². The van der Waals surface area contributed by atoms with Crippen molar-refractivity contribution in [2.45, 2.75) is 25.7 Å². The number of rotatable bonds is 7. The Balaban J connectivity index is 1.70. The Labute approximate surface area is 146 Å². The van der Waals surface area contributed by atoms with Gasteiger partial charge in [-0.15, -0.1) is 0 Å². The Morgan fingerprint density at radius 1 is 1.29 bits per heavy atom. The molecule has 1 heterocycles. The average Bonchev–Trinajstić information content (AvgIpc) is 2.64. The zero-order valence-corrected chi connectivity index (χ0v) is 15.3. The highest BCUT2D eigenvalue weighted by molar-refractivity contribution is 5.79. The summed E-state index contributed by atoms with van der Waals surface area (Å²) in [6, 6.07) is 8.23. The van der Waals surface area contributed by atoms with E-state index >= 15 is 0 Å². The SMILES string of the molecule is CN=C(NCCc1ccc(OC)cc1)N(C)CCC1CCOCC1. The lowest BCUT2D eigenvalue weighted by molar-refractivity contribution is 0.0625. The molecule has 1 N–H and O–H groups in total. The predicted molar refractivity (Wildman–Crippen MR) is 98.8 cm³/mol. The highest BCUT2D eigenvalue weighted by atomic mass is 16.5. The number of hydrogen-bond donors (Lipinski definition) is 1. The number of nitrogens with one attached hydrogen (secondary N) is 1. The monoisotopic (exact) mass is 333 g/mol. The summed E-state index contributed by atoms with van der Waals surface area (Å²) in [5, 5.41) is 3.45. The minimum Gasteiger partial charge on any atom is -0.497 e. The summed E-state index contributed by atoms with van der Waals surface area (Å²) in [4.78, 5) is 6.62. The molecule has 0 aromatic heterocycles. The maximum Gasteiger partial charge on any atom is 0.193 e. The van der Waals surface area contributed by atoms with Crippen LogP contribution in [0.15, 0.2) is 29.3 Å². The molecule has 0 saturated carbocycles. The topological polar surface area (TPSA) is 46.1 Å². The van der Waals surface area contributed by atoms with Crippen molar-refractivity contribution in [1.82, 2.24) is 10.2 Å². The molecular weight excluding hydrogens is 302 g/mol. The largest absolute Gasteiger partial charge is 0.497 e. The van der Waals surface area contributed by atoms with Crippen LogP contribution in [0, 0.1) is 5.92 Å². The van der Waals surface area contributed by atoms with Gasteiger partial charge in [-0.2, -0.15) is 0 Å². The smallest absolute Gasteiger partial charge is 0.193 e. The van der Waals surface area contributed by atoms with E-state index < -0.39 is 0 Å². The third-order valence-corrected chi connectivity index (χ3v) is 4.64. The van der Waals surface area contributed by atoms with Gasteiger partial charge in [-0.1, -0.05) is 12.1 Å². The molecule has 0 radical (unpaired) electrons. The first-order valence-corrected chi connectivity index (χ1v) is 8.85. The lowest BCUT2D eigenvalue weighted by Gasteiger charge is -2.26. The van der Waals surface area contributed by atoms with Crippen molar-refractivity contribution in [2.75, 3.05) is 47.5 Å². The van der Waals surface area contributed by atoms with Gasteiger partial charge in [0.25, 0.3) is 0 Å². The van der Waals surface area contributed by atoms with Gasteiger partial charge in [-0.3, -0.25) is 4.99 Å². The fourth-order valence-corrected chi connectivity index (χ4v) is 3.01. The highest BCUT2D eigenvalue weighted by Crippen LogP contribution is 2.18. The molecule has 2 rings (SSSR count). The van der Waals surface area contributed by atoms with Crippen LogP contribution in [-0.4, -0.2) is 58.4 Å². The minimum absolute atomic E-state index is 0.790. The zero-order valence-electron chi connectivity index (χ0n) is 15.3. The van der Waals surface area contributed by atoms with Gasteiger partial charge in [0.2, 0.25) is 0 Å². The van der Waals surface area contributed by atoms with Crippen molar-refractivity contribution in [3.63, 3.8) is 0 Å². The first-order valence-electron chi connectivity index (χ1n) is 8.85. The third-order valence-electron chi connectivity index (χ3n) is 4.64. The molecule has 0 unspecified atom stereocenters. The molecule has 0 aliphatic carbocycles. The Morgan fingerprint density at radius 3 is 2.62 bits per heavy atom. The molecule has 0 atom stereocenters. The van der Waals surface area contributed by atoms with Crippen LogP contribution >= 0.6 is 0 Å².